The van der Waals surface area contributed by atoms with Gasteiger partial charge >= 0.3 is 6.18 Å². The largest absolute Gasteiger partial charge is 0.416 e. The molecule has 0 N–H and O–H groups in total. The average molecular weight is 394 g/mol. The standard InChI is InChI=1S/C20H21F3N2OS/c1-24(2)11-12-25-17-5-3-4-6-18(17)27-13-16(19(25)26)14-7-9-15(10-8-14)20(21,22)23/h3-10,16H,11-13H2,1-2H3. The van der Waals surface area contributed by atoms with Crippen LogP contribution in [0.5, 0.6) is 0 Å². The average Bonchev–Trinajstić information content (AvgIpc) is 2.76. The lowest BCUT2D eigenvalue weighted by Gasteiger charge is -2.27. The first-order valence-corrected chi connectivity index (χ1v) is 9.61. The zero-order valence-corrected chi connectivity index (χ0v) is 16.0. The Balaban J connectivity index is 1.92. The number of rotatable bonds is 4. The van der Waals surface area contributed by atoms with Crippen LogP contribution in [0.15, 0.2) is 53.4 Å². The van der Waals surface area contributed by atoms with Gasteiger partial charge in [-0.05, 0) is 43.9 Å². The van der Waals surface area contributed by atoms with Crippen LogP contribution in [0.3, 0.4) is 0 Å². The number of thioether (sulfide) groups is 1. The van der Waals surface area contributed by atoms with Crippen LogP contribution in [-0.2, 0) is 11.0 Å². The van der Waals surface area contributed by atoms with Crippen LogP contribution in [0, 0.1) is 0 Å². The molecule has 0 aliphatic carbocycles. The molecule has 1 unspecified atom stereocenters. The molecule has 1 atom stereocenters. The molecule has 3 rings (SSSR count). The first-order valence-electron chi connectivity index (χ1n) is 8.62. The van der Waals surface area contributed by atoms with Crippen LogP contribution in [0.25, 0.3) is 0 Å². The molecule has 0 radical (unpaired) electrons. The minimum Gasteiger partial charge on any atom is -0.309 e. The molecule has 0 fully saturated rings. The first-order chi connectivity index (χ1) is 12.8. The van der Waals surface area contributed by atoms with Crippen molar-refractivity contribution in [2.45, 2.75) is 17.0 Å². The number of carbonyl (C=O) groups excluding carboxylic acids is 1. The fourth-order valence-electron chi connectivity index (χ4n) is 3.03. The third-order valence-corrected chi connectivity index (χ3v) is 5.69. The van der Waals surface area contributed by atoms with Gasteiger partial charge in [0.05, 0.1) is 17.2 Å². The lowest BCUT2D eigenvalue weighted by Crippen LogP contribution is -2.39. The molecule has 0 aromatic heterocycles. The van der Waals surface area contributed by atoms with Gasteiger partial charge in [0.15, 0.2) is 0 Å². The van der Waals surface area contributed by atoms with E-state index in [1.165, 1.54) is 12.1 Å². The summed E-state index contributed by atoms with van der Waals surface area (Å²) in [6.07, 6.45) is -4.38. The zero-order chi connectivity index (χ0) is 19.6. The van der Waals surface area contributed by atoms with Gasteiger partial charge in [0.25, 0.3) is 0 Å². The highest BCUT2D eigenvalue weighted by Gasteiger charge is 2.33. The molecule has 0 saturated carbocycles. The van der Waals surface area contributed by atoms with Gasteiger partial charge < -0.3 is 9.80 Å². The van der Waals surface area contributed by atoms with E-state index < -0.39 is 17.7 Å². The van der Waals surface area contributed by atoms with Gasteiger partial charge in [-0.25, -0.2) is 0 Å². The van der Waals surface area contributed by atoms with Crippen molar-refractivity contribution in [1.82, 2.24) is 4.90 Å². The van der Waals surface area contributed by atoms with Crippen LogP contribution >= 0.6 is 11.8 Å². The van der Waals surface area contributed by atoms with E-state index in [0.717, 1.165) is 22.7 Å². The Morgan fingerprint density at radius 3 is 2.41 bits per heavy atom. The molecular weight excluding hydrogens is 373 g/mol. The van der Waals surface area contributed by atoms with Gasteiger partial charge in [-0.2, -0.15) is 13.2 Å². The maximum atomic E-state index is 13.3. The van der Waals surface area contributed by atoms with Crippen molar-refractivity contribution in [1.29, 1.82) is 0 Å². The Bertz CT molecular complexity index is 806. The maximum Gasteiger partial charge on any atom is 0.416 e. The number of carbonyl (C=O) groups is 1. The molecule has 0 spiro atoms. The predicted octanol–water partition coefficient (Wildman–Crippen LogP) is 4.49. The number of nitrogens with zero attached hydrogens (tertiary/aromatic N) is 2. The summed E-state index contributed by atoms with van der Waals surface area (Å²) in [5, 5.41) is 0. The summed E-state index contributed by atoms with van der Waals surface area (Å²) in [6.45, 7) is 1.23. The number of hydrogen-bond acceptors (Lipinski definition) is 3. The van der Waals surface area contributed by atoms with E-state index in [4.69, 9.17) is 0 Å². The van der Waals surface area contributed by atoms with Crippen LogP contribution in [0.2, 0.25) is 0 Å². The molecule has 0 saturated heterocycles. The summed E-state index contributed by atoms with van der Waals surface area (Å²) in [7, 11) is 3.88. The molecule has 27 heavy (non-hydrogen) atoms. The van der Waals surface area contributed by atoms with Crippen molar-refractivity contribution in [3.8, 4) is 0 Å². The third-order valence-electron chi connectivity index (χ3n) is 4.54. The molecule has 1 amide bonds. The fraction of sp³-hybridized carbons (Fsp3) is 0.350. The molecule has 3 nitrogen and oxygen atoms in total. The number of amides is 1. The Kier molecular flexibility index (Phi) is 5.81. The summed E-state index contributed by atoms with van der Waals surface area (Å²) in [5.74, 6) is -0.0550. The summed E-state index contributed by atoms with van der Waals surface area (Å²) in [6, 6.07) is 12.7. The van der Waals surface area contributed by atoms with E-state index in [0.29, 0.717) is 24.4 Å². The molecule has 2 aromatic rings. The third kappa shape index (κ3) is 4.47. The number of hydrogen-bond donors (Lipinski definition) is 0. The van der Waals surface area contributed by atoms with E-state index >= 15 is 0 Å². The Hall–Kier alpha value is -1.99. The number of alkyl halides is 3. The van der Waals surface area contributed by atoms with E-state index in [9.17, 15) is 18.0 Å². The monoisotopic (exact) mass is 394 g/mol. The second-order valence-corrected chi connectivity index (χ2v) is 7.81. The Morgan fingerprint density at radius 2 is 1.78 bits per heavy atom. The normalized spacial score (nSPS) is 17.8. The minimum absolute atomic E-state index is 0.0749. The van der Waals surface area contributed by atoms with Crippen molar-refractivity contribution < 1.29 is 18.0 Å². The summed E-state index contributed by atoms with van der Waals surface area (Å²) in [5.41, 5.74) is 0.777. The number of para-hydroxylation sites is 1. The van der Waals surface area contributed by atoms with Crippen molar-refractivity contribution in [3.05, 3.63) is 59.7 Å². The Morgan fingerprint density at radius 1 is 1.11 bits per heavy atom. The second kappa shape index (κ2) is 7.94. The van der Waals surface area contributed by atoms with Crippen molar-refractivity contribution in [2.75, 3.05) is 37.8 Å². The fourth-order valence-corrected chi connectivity index (χ4v) is 4.21. The SMILES string of the molecule is CN(C)CCN1C(=O)C(c2ccc(C(F)(F)F)cc2)CSc2ccccc21. The first kappa shape index (κ1) is 19.8. The van der Waals surface area contributed by atoms with Gasteiger partial charge in [-0.3, -0.25) is 4.79 Å². The smallest absolute Gasteiger partial charge is 0.309 e. The minimum atomic E-state index is -4.38. The maximum absolute atomic E-state index is 13.3. The molecule has 1 aliphatic heterocycles. The predicted molar refractivity (Wildman–Crippen MR) is 102 cm³/mol. The summed E-state index contributed by atoms with van der Waals surface area (Å²) >= 11 is 1.57. The number of benzene rings is 2. The zero-order valence-electron chi connectivity index (χ0n) is 15.2. The number of anilines is 1. The topological polar surface area (TPSA) is 23.6 Å². The van der Waals surface area contributed by atoms with E-state index in [1.807, 2.05) is 43.3 Å². The highest BCUT2D eigenvalue weighted by atomic mass is 32.2. The van der Waals surface area contributed by atoms with E-state index in [2.05, 4.69) is 0 Å². The lowest BCUT2D eigenvalue weighted by molar-refractivity contribution is -0.137. The van der Waals surface area contributed by atoms with Crippen molar-refractivity contribution >= 4 is 23.4 Å². The van der Waals surface area contributed by atoms with Crippen LogP contribution < -0.4 is 4.90 Å². The van der Waals surface area contributed by atoms with Crippen molar-refractivity contribution in [2.24, 2.45) is 0 Å². The number of halogens is 3. The number of fused-ring (bicyclic) bond motifs is 1. The Labute approximate surface area is 161 Å². The molecule has 1 heterocycles. The van der Waals surface area contributed by atoms with Gasteiger partial charge in [-0.15, -0.1) is 11.8 Å². The highest BCUT2D eigenvalue weighted by Crippen LogP contribution is 2.39. The molecule has 144 valence electrons. The van der Waals surface area contributed by atoms with Gasteiger partial charge in [0.2, 0.25) is 5.91 Å². The van der Waals surface area contributed by atoms with E-state index in [1.54, 1.807) is 16.7 Å². The second-order valence-electron chi connectivity index (χ2n) is 6.74. The molecule has 2 aromatic carbocycles. The van der Waals surface area contributed by atoms with Gasteiger partial charge in [-0.1, -0.05) is 24.3 Å². The van der Waals surface area contributed by atoms with Gasteiger partial charge in [0, 0.05) is 23.7 Å². The molecule has 0 bridgehead atoms. The van der Waals surface area contributed by atoms with Crippen LogP contribution in [-0.4, -0.2) is 43.7 Å². The molecular formula is C20H21F3N2OS. The van der Waals surface area contributed by atoms with Gasteiger partial charge in [0.1, 0.15) is 0 Å². The van der Waals surface area contributed by atoms with E-state index in [-0.39, 0.29) is 5.91 Å². The van der Waals surface area contributed by atoms with Crippen LogP contribution in [0.1, 0.15) is 17.0 Å². The quantitative estimate of drug-likeness (QED) is 0.763. The highest BCUT2D eigenvalue weighted by molar-refractivity contribution is 7.99. The van der Waals surface area contributed by atoms with Crippen molar-refractivity contribution in [3.63, 3.8) is 0 Å². The molecule has 7 heteroatoms. The number of likely N-dealkylation sites (N-methyl/N-ethyl adjacent to an activating group) is 1. The lowest BCUT2D eigenvalue weighted by atomic mass is 9.97. The molecule has 1 aliphatic rings. The summed E-state index contributed by atoms with van der Waals surface area (Å²) in [4.78, 5) is 18.1. The van der Waals surface area contributed by atoms with Crippen LogP contribution in [0.4, 0.5) is 18.9 Å². The summed E-state index contributed by atoms with van der Waals surface area (Å²) < 4.78 is 38.5.